The third kappa shape index (κ3) is 11.4. The first-order valence-electron chi connectivity index (χ1n) is 13.4. The van der Waals surface area contributed by atoms with Gasteiger partial charge in [0, 0.05) is 12.8 Å². The van der Waals surface area contributed by atoms with Gasteiger partial charge in [0.25, 0.3) is 0 Å². The number of halogens is 6. The highest BCUT2D eigenvalue weighted by Gasteiger charge is 2.37. The number of aliphatic carboxylic acids is 1. The number of nitrogens with two attached hydrogens (primary N) is 1. The summed E-state index contributed by atoms with van der Waals surface area (Å²) in [6.07, 6.45) is -9.83. The van der Waals surface area contributed by atoms with Crippen molar-refractivity contribution >= 4 is 19.8 Å². The van der Waals surface area contributed by atoms with Crippen molar-refractivity contribution < 1.29 is 69.0 Å². The van der Waals surface area contributed by atoms with E-state index in [0.29, 0.717) is 23.4 Å². The van der Waals surface area contributed by atoms with Crippen LogP contribution in [0.4, 0.5) is 26.3 Å². The number of carboxylic acids is 1. The highest BCUT2D eigenvalue weighted by molar-refractivity contribution is 7.47. The van der Waals surface area contributed by atoms with Gasteiger partial charge < -0.3 is 25.2 Å². The summed E-state index contributed by atoms with van der Waals surface area (Å²) in [5, 5.41) is 8.65. The number of hydrogen-bond acceptors (Lipinski definition) is 8. The molecule has 0 spiro atoms. The highest BCUT2D eigenvalue weighted by Crippen LogP contribution is 2.43. The van der Waals surface area contributed by atoms with E-state index < -0.39 is 55.9 Å². The van der Waals surface area contributed by atoms with Crippen LogP contribution in [-0.4, -0.2) is 47.8 Å². The van der Waals surface area contributed by atoms with Gasteiger partial charge in [-0.3, -0.25) is 18.6 Å². The van der Waals surface area contributed by atoms with Gasteiger partial charge in [0.2, 0.25) is 0 Å². The molecule has 2 atom stereocenters. The van der Waals surface area contributed by atoms with Crippen LogP contribution in [0.3, 0.4) is 0 Å². The minimum Gasteiger partial charge on any atom is -0.480 e. The molecule has 0 bridgehead atoms. The SMILES string of the molecule is NC(COP(=O)(O)OCCCOC(=O)CCc1ccccc1Oc1ccc(-c2cc(C(F)(F)F)cc(C(F)(F)F)c2)cc1)C(=O)O. The summed E-state index contributed by atoms with van der Waals surface area (Å²) < 4.78 is 111. The summed E-state index contributed by atoms with van der Waals surface area (Å²) in [5.74, 6) is -1.46. The van der Waals surface area contributed by atoms with Crippen molar-refractivity contribution in [1.29, 1.82) is 0 Å². The van der Waals surface area contributed by atoms with Crippen molar-refractivity contribution in [2.75, 3.05) is 19.8 Å². The number of alkyl halides is 6. The van der Waals surface area contributed by atoms with Crippen LogP contribution in [0.1, 0.15) is 29.5 Å². The van der Waals surface area contributed by atoms with Crippen LogP contribution < -0.4 is 10.5 Å². The van der Waals surface area contributed by atoms with Gasteiger partial charge in [0.05, 0.1) is 30.9 Å². The molecule has 0 saturated carbocycles. The summed E-state index contributed by atoms with van der Waals surface area (Å²) in [5.41, 5.74) is 2.72. The average Bonchev–Trinajstić information content (AvgIpc) is 2.98. The second kappa shape index (κ2) is 15.6. The Balaban J connectivity index is 1.54. The summed E-state index contributed by atoms with van der Waals surface area (Å²) in [6.45, 7) is -1.25. The van der Waals surface area contributed by atoms with E-state index in [9.17, 15) is 45.4 Å². The number of phosphoric ester groups is 1. The minimum absolute atomic E-state index is 0.0261. The van der Waals surface area contributed by atoms with Crippen LogP contribution in [-0.2, 0) is 46.7 Å². The molecule has 10 nitrogen and oxygen atoms in total. The number of carbonyl (C=O) groups excluding carboxylic acids is 1. The van der Waals surface area contributed by atoms with Crippen LogP contribution >= 0.6 is 7.82 Å². The maximum Gasteiger partial charge on any atom is 0.472 e. The maximum absolute atomic E-state index is 13.2. The molecule has 46 heavy (non-hydrogen) atoms. The van der Waals surface area contributed by atoms with Gasteiger partial charge in [0.1, 0.15) is 17.5 Å². The predicted molar refractivity (Wildman–Crippen MR) is 150 cm³/mol. The van der Waals surface area contributed by atoms with Crippen molar-refractivity contribution in [2.24, 2.45) is 5.73 Å². The van der Waals surface area contributed by atoms with Gasteiger partial charge in [0.15, 0.2) is 0 Å². The third-order valence-electron chi connectivity index (χ3n) is 6.11. The zero-order valence-corrected chi connectivity index (χ0v) is 24.6. The molecule has 0 amide bonds. The molecule has 250 valence electrons. The Bertz CT molecular complexity index is 1520. The van der Waals surface area contributed by atoms with E-state index >= 15 is 0 Å². The fraction of sp³-hybridized carbons (Fsp3) is 0.310. The van der Waals surface area contributed by atoms with Crippen molar-refractivity contribution in [3.63, 3.8) is 0 Å². The summed E-state index contributed by atoms with van der Waals surface area (Å²) in [6, 6.07) is 11.8. The standard InChI is InChI=1S/C29H28F6NO9P/c30-28(31,32)21-14-20(15-22(16-21)29(33,34)35)18-6-9-23(10-7-18)45-25-5-2-1-4-19(25)8-11-26(37)42-12-3-13-43-46(40,41)44-17-24(36)27(38)39/h1-2,4-7,9-10,14-16,24H,3,8,11-13,17,36H2,(H,38,39)(H,40,41). The second-order valence-electron chi connectivity index (χ2n) is 9.65. The van der Waals surface area contributed by atoms with Crippen molar-refractivity contribution in [3.8, 4) is 22.6 Å². The quantitative estimate of drug-likeness (QED) is 0.0693. The Morgan fingerprint density at radius 2 is 1.46 bits per heavy atom. The lowest BCUT2D eigenvalue weighted by Crippen LogP contribution is -2.34. The van der Waals surface area contributed by atoms with E-state index in [1.807, 2.05) is 0 Å². The number of aryl methyl sites for hydroxylation is 1. The molecule has 0 aliphatic heterocycles. The molecule has 3 aromatic rings. The molecule has 3 rings (SSSR count). The molecule has 0 aromatic heterocycles. The Hall–Kier alpha value is -3.95. The number of rotatable bonds is 15. The number of phosphoric acid groups is 1. The number of esters is 1. The van der Waals surface area contributed by atoms with Gasteiger partial charge in [-0.1, -0.05) is 30.3 Å². The zero-order chi connectivity index (χ0) is 34.1. The zero-order valence-electron chi connectivity index (χ0n) is 23.7. The largest absolute Gasteiger partial charge is 0.480 e. The summed E-state index contributed by atoms with van der Waals surface area (Å²) >= 11 is 0. The lowest BCUT2D eigenvalue weighted by molar-refractivity contribution is -0.144. The smallest absolute Gasteiger partial charge is 0.472 e. The number of ether oxygens (including phenoxy) is 2. The molecule has 0 radical (unpaired) electrons. The van der Waals surface area contributed by atoms with Gasteiger partial charge in [-0.15, -0.1) is 0 Å². The molecule has 17 heteroatoms. The van der Waals surface area contributed by atoms with Crippen LogP contribution in [0.5, 0.6) is 11.5 Å². The Morgan fingerprint density at radius 3 is 2.04 bits per heavy atom. The normalized spacial score (nSPS) is 13.9. The van der Waals surface area contributed by atoms with E-state index in [2.05, 4.69) is 9.05 Å². The van der Waals surface area contributed by atoms with Crippen LogP contribution in [0.2, 0.25) is 0 Å². The number of para-hydroxylation sites is 1. The number of carbonyl (C=O) groups is 2. The lowest BCUT2D eigenvalue weighted by Gasteiger charge is -2.15. The first kappa shape index (κ1) is 36.5. The topological polar surface area (TPSA) is 155 Å². The van der Waals surface area contributed by atoms with E-state index in [-0.39, 0.29) is 55.4 Å². The van der Waals surface area contributed by atoms with Crippen LogP contribution in [0.15, 0.2) is 66.7 Å². The molecule has 0 saturated heterocycles. The van der Waals surface area contributed by atoms with E-state index in [1.165, 1.54) is 24.3 Å². The molecule has 0 heterocycles. The number of benzene rings is 3. The maximum atomic E-state index is 13.2. The molecule has 2 unspecified atom stereocenters. The summed E-state index contributed by atoms with van der Waals surface area (Å²) in [7, 11) is -4.55. The Labute approximate surface area is 258 Å². The Kier molecular flexibility index (Phi) is 12.4. The van der Waals surface area contributed by atoms with E-state index in [0.717, 1.165) is 0 Å². The molecule has 4 N–H and O–H groups in total. The first-order valence-corrected chi connectivity index (χ1v) is 14.9. The molecule has 3 aromatic carbocycles. The minimum atomic E-state index is -4.98. The van der Waals surface area contributed by atoms with Crippen molar-refractivity contribution in [2.45, 2.75) is 37.7 Å². The highest BCUT2D eigenvalue weighted by atomic mass is 31.2. The molecule has 0 fully saturated rings. The van der Waals surface area contributed by atoms with Gasteiger partial charge in [-0.2, -0.15) is 26.3 Å². The lowest BCUT2D eigenvalue weighted by atomic mass is 9.99. The van der Waals surface area contributed by atoms with Crippen molar-refractivity contribution in [3.05, 3.63) is 83.4 Å². The Morgan fingerprint density at radius 1 is 0.848 bits per heavy atom. The molecule has 0 aliphatic carbocycles. The van der Waals surface area contributed by atoms with Gasteiger partial charge >= 0.3 is 32.1 Å². The third-order valence-corrected chi connectivity index (χ3v) is 7.10. The first-order chi connectivity index (χ1) is 21.4. The summed E-state index contributed by atoms with van der Waals surface area (Å²) in [4.78, 5) is 32.3. The fourth-order valence-electron chi connectivity index (χ4n) is 3.79. The monoisotopic (exact) mass is 679 g/mol. The molecule has 0 aliphatic rings. The van der Waals surface area contributed by atoms with Crippen molar-refractivity contribution in [1.82, 2.24) is 0 Å². The predicted octanol–water partition coefficient (Wildman–Crippen LogP) is 6.59. The molecular weight excluding hydrogens is 651 g/mol. The van der Waals surface area contributed by atoms with Gasteiger partial charge in [-0.25, -0.2) is 4.57 Å². The number of carboxylic acid groups (broad SMARTS) is 1. The average molecular weight is 680 g/mol. The fourth-order valence-corrected chi connectivity index (χ4v) is 4.57. The van der Waals surface area contributed by atoms with E-state index in [1.54, 1.807) is 24.3 Å². The number of hydrogen-bond donors (Lipinski definition) is 3. The van der Waals surface area contributed by atoms with E-state index in [4.69, 9.17) is 20.3 Å². The molecular formula is C29H28F6NO9P. The van der Waals surface area contributed by atoms with Crippen LogP contribution in [0, 0.1) is 0 Å². The van der Waals surface area contributed by atoms with Gasteiger partial charge in [-0.05, 0) is 59.5 Å². The van der Waals surface area contributed by atoms with Crippen LogP contribution in [0.25, 0.3) is 11.1 Å². The second-order valence-corrected chi connectivity index (χ2v) is 11.1.